The van der Waals surface area contributed by atoms with Gasteiger partial charge < -0.3 is 15.0 Å². The topological polar surface area (TPSA) is 74.4 Å². The van der Waals surface area contributed by atoms with Crippen molar-refractivity contribution in [2.24, 2.45) is 0 Å². The first-order valence-electron chi connectivity index (χ1n) is 13.1. The summed E-state index contributed by atoms with van der Waals surface area (Å²) in [5, 5.41) is 4.15. The van der Waals surface area contributed by atoms with Gasteiger partial charge in [0.15, 0.2) is 0 Å². The van der Waals surface area contributed by atoms with Gasteiger partial charge in [0.05, 0.1) is 13.5 Å². The van der Waals surface area contributed by atoms with Crippen molar-refractivity contribution in [3.63, 3.8) is 0 Å². The number of amides is 2. The molecule has 0 aliphatic heterocycles. The summed E-state index contributed by atoms with van der Waals surface area (Å²) in [5.41, 5.74) is 2.83. The van der Waals surface area contributed by atoms with Gasteiger partial charge in [-0.05, 0) is 66.4 Å². The largest absolute Gasteiger partial charge is 0.497 e. The number of para-hydroxylation sites is 1. The maximum Gasteiger partial charge on any atom is 0.248 e. The molecule has 0 unspecified atom stereocenters. The molecule has 5 rings (SSSR count). The number of rotatable bonds is 8. The molecule has 0 radical (unpaired) electrons. The number of hydrogen-bond acceptors (Lipinski definition) is 3. The Morgan fingerprint density at radius 3 is 2.55 bits per heavy atom. The number of ether oxygens (including phenoxy) is 1. The fourth-order valence-electron chi connectivity index (χ4n) is 5.32. The van der Waals surface area contributed by atoms with Crippen molar-refractivity contribution in [3.8, 4) is 5.75 Å². The Kier molecular flexibility index (Phi) is 7.73. The van der Waals surface area contributed by atoms with Crippen molar-refractivity contribution in [2.45, 2.75) is 50.6 Å². The quantitative estimate of drug-likeness (QED) is 0.300. The first kappa shape index (κ1) is 25.5. The van der Waals surface area contributed by atoms with Crippen molar-refractivity contribution in [1.82, 2.24) is 10.3 Å². The lowest BCUT2D eigenvalue weighted by atomic mass is 9.94. The maximum absolute atomic E-state index is 14.1. The lowest BCUT2D eigenvalue weighted by Gasteiger charge is -2.33. The molecule has 1 fully saturated rings. The lowest BCUT2D eigenvalue weighted by molar-refractivity contribution is -0.127. The number of carbonyl (C=O) groups excluding carboxylic acids is 2. The minimum atomic E-state index is -0.963. The van der Waals surface area contributed by atoms with Gasteiger partial charge in [0.25, 0.3) is 0 Å². The number of hydrogen-bond donors (Lipinski definition) is 2. The van der Waals surface area contributed by atoms with Gasteiger partial charge in [-0.25, -0.2) is 4.39 Å². The Balaban J connectivity index is 1.57. The highest BCUT2D eigenvalue weighted by molar-refractivity contribution is 6.03. The smallest absolute Gasteiger partial charge is 0.248 e. The first-order chi connectivity index (χ1) is 18.5. The molecule has 1 atom stereocenters. The van der Waals surface area contributed by atoms with Gasteiger partial charge in [0, 0.05) is 28.8 Å². The molecule has 3 aromatic carbocycles. The molecule has 4 aromatic rings. The lowest BCUT2D eigenvalue weighted by Crippen LogP contribution is -2.47. The van der Waals surface area contributed by atoms with Gasteiger partial charge in [-0.15, -0.1) is 0 Å². The first-order valence-corrected chi connectivity index (χ1v) is 13.1. The van der Waals surface area contributed by atoms with Crippen molar-refractivity contribution in [3.05, 3.63) is 95.9 Å². The summed E-state index contributed by atoms with van der Waals surface area (Å²) < 4.78 is 19.4. The molecule has 6 nitrogen and oxygen atoms in total. The molecule has 1 aliphatic carbocycles. The third-order valence-electron chi connectivity index (χ3n) is 7.26. The summed E-state index contributed by atoms with van der Waals surface area (Å²) in [6.07, 6.45) is 7.02. The van der Waals surface area contributed by atoms with Crippen molar-refractivity contribution in [2.75, 3.05) is 12.0 Å². The third-order valence-corrected chi connectivity index (χ3v) is 7.26. The highest BCUT2D eigenvalue weighted by Crippen LogP contribution is 2.32. The normalized spacial score (nSPS) is 14.7. The van der Waals surface area contributed by atoms with E-state index in [0.29, 0.717) is 17.0 Å². The Morgan fingerprint density at radius 1 is 1.03 bits per heavy atom. The van der Waals surface area contributed by atoms with Crippen LogP contribution in [0.5, 0.6) is 5.75 Å². The molecule has 196 valence electrons. The standard InChI is InChI=1S/C31H32FN3O3/c1-38-26-11-7-8-21(18-26)30(31(37)34-24-9-3-2-4-10-24)35(25-16-14-23(32)15-17-25)29(36)19-22-20-33-28-13-6-5-12-27(22)28/h5-8,11-18,20,24,30,33H,2-4,9-10,19H2,1H3,(H,34,37)/t30-/m1/s1. The van der Waals surface area contributed by atoms with E-state index in [-0.39, 0.29) is 24.3 Å². The Hall–Kier alpha value is -4.13. The molecule has 1 heterocycles. The number of H-pyrrole nitrogens is 1. The summed E-state index contributed by atoms with van der Waals surface area (Å²) in [6, 6.07) is 19.8. The summed E-state index contributed by atoms with van der Waals surface area (Å²) in [6.45, 7) is 0. The number of fused-ring (bicyclic) bond motifs is 1. The molecule has 0 spiro atoms. The predicted octanol–water partition coefficient (Wildman–Crippen LogP) is 6.08. The zero-order valence-corrected chi connectivity index (χ0v) is 21.5. The van der Waals surface area contributed by atoms with Crippen LogP contribution < -0.4 is 15.0 Å². The number of methoxy groups -OCH3 is 1. The number of anilines is 1. The summed E-state index contributed by atoms with van der Waals surface area (Å²) in [5.74, 6) is -0.363. The van der Waals surface area contributed by atoms with Gasteiger partial charge in [0.2, 0.25) is 11.8 Å². The van der Waals surface area contributed by atoms with Crippen LogP contribution in [0.4, 0.5) is 10.1 Å². The van der Waals surface area contributed by atoms with E-state index in [9.17, 15) is 14.0 Å². The number of aromatic amines is 1. The number of nitrogens with zero attached hydrogens (tertiary/aromatic N) is 1. The summed E-state index contributed by atoms with van der Waals surface area (Å²) >= 11 is 0. The fourth-order valence-corrected chi connectivity index (χ4v) is 5.32. The summed E-state index contributed by atoms with van der Waals surface area (Å²) in [7, 11) is 1.57. The minimum absolute atomic E-state index is 0.0585. The fraction of sp³-hybridized carbons (Fsp3) is 0.290. The van der Waals surface area contributed by atoms with Crippen molar-refractivity contribution in [1.29, 1.82) is 0 Å². The number of benzene rings is 3. The van der Waals surface area contributed by atoms with Crippen LogP contribution in [0.1, 0.15) is 49.3 Å². The molecule has 0 bridgehead atoms. The highest BCUT2D eigenvalue weighted by Gasteiger charge is 2.34. The molecule has 7 heteroatoms. The van der Waals surface area contributed by atoms with Crippen LogP contribution in [0, 0.1) is 5.82 Å². The van der Waals surface area contributed by atoms with Gasteiger partial charge in [0.1, 0.15) is 17.6 Å². The Bertz CT molecular complexity index is 1410. The van der Waals surface area contributed by atoms with E-state index in [1.165, 1.54) is 17.0 Å². The molecule has 1 saturated carbocycles. The molecule has 38 heavy (non-hydrogen) atoms. The average Bonchev–Trinajstić information content (AvgIpc) is 3.35. The molecule has 2 amide bonds. The van der Waals surface area contributed by atoms with Crippen LogP contribution >= 0.6 is 0 Å². The molecular weight excluding hydrogens is 481 g/mol. The van der Waals surface area contributed by atoms with Crippen LogP contribution in [0.3, 0.4) is 0 Å². The second-order valence-electron chi connectivity index (χ2n) is 9.80. The molecule has 1 aromatic heterocycles. The van der Waals surface area contributed by atoms with E-state index < -0.39 is 11.9 Å². The van der Waals surface area contributed by atoms with Crippen molar-refractivity contribution < 1.29 is 18.7 Å². The van der Waals surface area contributed by atoms with Gasteiger partial charge in [-0.2, -0.15) is 0 Å². The zero-order valence-electron chi connectivity index (χ0n) is 21.5. The predicted molar refractivity (Wildman–Crippen MR) is 147 cm³/mol. The van der Waals surface area contributed by atoms with Gasteiger partial charge in [-0.1, -0.05) is 49.6 Å². The van der Waals surface area contributed by atoms with E-state index in [4.69, 9.17) is 4.74 Å². The number of aromatic nitrogens is 1. The van der Waals surface area contributed by atoms with Crippen LogP contribution in [0.15, 0.2) is 79.0 Å². The van der Waals surface area contributed by atoms with E-state index in [1.54, 1.807) is 31.4 Å². The van der Waals surface area contributed by atoms with E-state index in [2.05, 4.69) is 10.3 Å². The van der Waals surface area contributed by atoms with Crippen molar-refractivity contribution >= 4 is 28.4 Å². The second-order valence-corrected chi connectivity index (χ2v) is 9.80. The molecular formula is C31H32FN3O3. The maximum atomic E-state index is 14.1. The SMILES string of the molecule is COc1cccc([C@H](C(=O)NC2CCCCC2)N(C(=O)Cc2c[nH]c3ccccc23)c2ccc(F)cc2)c1. The molecule has 1 aliphatic rings. The zero-order chi connectivity index (χ0) is 26.5. The van der Waals surface area contributed by atoms with Crippen LogP contribution in [0.2, 0.25) is 0 Å². The van der Waals surface area contributed by atoms with E-state index >= 15 is 0 Å². The van der Waals surface area contributed by atoms with E-state index in [0.717, 1.165) is 48.6 Å². The van der Waals surface area contributed by atoms with Gasteiger partial charge in [-0.3, -0.25) is 14.5 Å². The van der Waals surface area contributed by atoms with Crippen LogP contribution in [-0.2, 0) is 16.0 Å². The molecule has 0 saturated heterocycles. The average molecular weight is 514 g/mol. The number of halogens is 1. The Labute approximate surface area is 221 Å². The van der Waals surface area contributed by atoms with Gasteiger partial charge >= 0.3 is 0 Å². The van der Waals surface area contributed by atoms with Crippen LogP contribution in [-0.4, -0.2) is 29.9 Å². The number of carbonyl (C=O) groups is 2. The Morgan fingerprint density at radius 2 is 1.79 bits per heavy atom. The second kappa shape index (κ2) is 11.5. The monoisotopic (exact) mass is 513 g/mol. The minimum Gasteiger partial charge on any atom is -0.497 e. The van der Waals surface area contributed by atoms with E-state index in [1.807, 2.05) is 42.6 Å². The highest BCUT2D eigenvalue weighted by atomic mass is 19.1. The third kappa shape index (κ3) is 5.57. The number of nitrogens with one attached hydrogen (secondary N) is 2. The van der Waals surface area contributed by atoms with Crippen LogP contribution in [0.25, 0.3) is 10.9 Å². The molecule has 2 N–H and O–H groups in total. The summed E-state index contributed by atoms with van der Waals surface area (Å²) in [4.78, 5) is 32.8.